The van der Waals surface area contributed by atoms with Crippen molar-refractivity contribution in [2.24, 2.45) is 5.92 Å². The first-order valence-corrected chi connectivity index (χ1v) is 11.7. The first-order chi connectivity index (χ1) is 13.8. The van der Waals surface area contributed by atoms with E-state index in [-0.39, 0.29) is 17.9 Å². The lowest BCUT2D eigenvalue weighted by Gasteiger charge is -2.34. The van der Waals surface area contributed by atoms with Gasteiger partial charge in [0, 0.05) is 16.8 Å². The molecule has 1 N–H and O–H groups in total. The number of rotatable bonds is 10. The molecule has 1 aromatic carbocycles. The summed E-state index contributed by atoms with van der Waals surface area (Å²) in [6.07, 6.45) is 7.55. The Morgan fingerprint density at radius 1 is 1.21 bits per heavy atom. The predicted molar refractivity (Wildman–Crippen MR) is 126 cm³/mol. The summed E-state index contributed by atoms with van der Waals surface area (Å²) in [5.74, 6) is 2.13. The number of benzene rings is 1. The molecular formula is C25H37BrO3. The van der Waals surface area contributed by atoms with Crippen molar-refractivity contribution >= 4 is 15.9 Å². The van der Waals surface area contributed by atoms with E-state index in [0.29, 0.717) is 5.92 Å². The standard InChI is InChI=1S/C25H37BrO3/c1-17(2)20-10-9-18(16-27)13-21(20)24-22(28-5)14-19(15-23(24)29-6)25(3,4)11-7-8-12-26/h13-15,20-21,27H,1,7-12,16H2,2-6H3/t20-,21+/m1/s1. The molecule has 1 aliphatic rings. The molecule has 2 rings (SSSR count). The van der Waals surface area contributed by atoms with Gasteiger partial charge in [-0.05, 0) is 67.2 Å². The monoisotopic (exact) mass is 464 g/mol. The van der Waals surface area contributed by atoms with Gasteiger partial charge in [0.2, 0.25) is 0 Å². The van der Waals surface area contributed by atoms with Crippen molar-refractivity contribution in [3.63, 3.8) is 0 Å². The summed E-state index contributed by atoms with van der Waals surface area (Å²) in [6.45, 7) is 11.0. The van der Waals surface area contributed by atoms with Crippen LogP contribution in [0.2, 0.25) is 0 Å². The van der Waals surface area contributed by atoms with Gasteiger partial charge < -0.3 is 14.6 Å². The molecule has 0 heterocycles. The van der Waals surface area contributed by atoms with Crippen LogP contribution >= 0.6 is 15.9 Å². The molecule has 0 unspecified atom stereocenters. The molecule has 29 heavy (non-hydrogen) atoms. The number of ether oxygens (including phenoxy) is 2. The average molecular weight is 465 g/mol. The summed E-state index contributed by atoms with van der Waals surface area (Å²) in [5.41, 5.74) is 4.57. The SMILES string of the molecule is C=C(C)[C@H]1CCC(CO)=C[C@@H]1c1c(OC)cc(C(C)(C)CCCCBr)cc1OC. The van der Waals surface area contributed by atoms with E-state index in [1.165, 1.54) is 18.4 Å². The van der Waals surface area contributed by atoms with Crippen molar-refractivity contribution in [1.29, 1.82) is 0 Å². The quantitative estimate of drug-likeness (QED) is 0.242. The molecule has 4 heteroatoms. The molecule has 1 aliphatic carbocycles. The van der Waals surface area contributed by atoms with E-state index in [9.17, 15) is 5.11 Å². The van der Waals surface area contributed by atoms with Crippen molar-refractivity contribution in [2.45, 2.75) is 64.2 Å². The molecule has 0 bridgehead atoms. The fraction of sp³-hybridized carbons (Fsp3) is 0.600. The van der Waals surface area contributed by atoms with Crippen LogP contribution in [0.25, 0.3) is 0 Å². The Morgan fingerprint density at radius 2 is 1.83 bits per heavy atom. The second-order valence-corrected chi connectivity index (χ2v) is 9.62. The zero-order chi connectivity index (χ0) is 21.6. The number of hydrogen-bond donors (Lipinski definition) is 1. The molecule has 0 spiro atoms. The summed E-state index contributed by atoms with van der Waals surface area (Å²) >= 11 is 3.53. The highest BCUT2D eigenvalue weighted by Gasteiger charge is 2.33. The minimum atomic E-state index is 0.0354. The minimum absolute atomic E-state index is 0.0354. The lowest BCUT2D eigenvalue weighted by atomic mass is 9.72. The molecule has 3 nitrogen and oxygen atoms in total. The number of aliphatic hydroxyl groups is 1. The van der Waals surface area contributed by atoms with Gasteiger partial charge in [-0.25, -0.2) is 0 Å². The third kappa shape index (κ3) is 5.67. The van der Waals surface area contributed by atoms with Gasteiger partial charge in [0.05, 0.1) is 20.8 Å². The van der Waals surface area contributed by atoms with Gasteiger partial charge in [-0.2, -0.15) is 0 Å². The normalized spacial score (nSPS) is 19.6. The van der Waals surface area contributed by atoms with E-state index in [2.05, 4.69) is 61.5 Å². The molecule has 0 saturated heterocycles. The Balaban J connectivity index is 2.55. The fourth-order valence-electron chi connectivity index (χ4n) is 4.41. The Morgan fingerprint density at radius 3 is 2.31 bits per heavy atom. The van der Waals surface area contributed by atoms with Crippen LogP contribution in [0.3, 0.4) is 0 Å². The molecule has 0 fully saturated rings. The van der Waals surface area contributed by atoms with Crippen molar-refractivity contribution in [2.75, 3.05) is 26.2 Å². The van der Waals surface area contributed by atoms with Crippen molar-refractivity contribution in [3.8, 4) is 11.5 Å². The number of methoxy groups -OCH3 is 2. The fourth-order valence-corrected chi connectivity index (χ4v) is 4.80. The Kier molecular flexibility index (Phi) is 8.84. The van der Waals surface area contributed by atoms with Crippen LogP contribution in [0.4, 0.5) is 0 Å². The van der Waals surface area contributed by atoms with Gasteiger partial charge >= 0.3 is 0 Å². The molecular weight excluding hydrogens is 428 g/mol. The van der Waals surface area contributed by atoms with Gasteiger partial charge in [-0.1, -0.05) is 54.4 Å². The molecule has 0 aliphatic heterocycles. The van der Waals surface area contributed by atoms with E-state index in [4.69, 9.17) is 9.47 Å². The summed E-state index contributed by atoms with van der Waals surface area (Å²) in [6, 6.07) is 4.37. The van der Waals surface area contributed by atoms with Crippen LogP contribution in [0, 0.1) is 5.92 Å². The largest absolute Gasteiger partial charge is 0.496 e. The number of halogens is 1. The smallest absolute Gasteiger partial charge is 0.126 e. The van der Waals surface area contributed by atoms with Crippen LogP contribution < -0.4 is 9.47 Å². The number of unbranched alkanes of at least 4 members (excludes halogenated alkanes) is 1. The second kappa shape index (κ2) is 10.7. The van der Waals surface area contributed by atoms with Crippen LogP contribution in [-0.2, 0) is 5.41 Å². The molecule has 0 radical (unpaired) electrons. The van der Waals surface area contributed by atoms with Gasteiger partial charge in [-0.3, -0.25) is 0 Å². The molecule has 162 valence electrons. The molecule has 0 aromatic heterocycles. The van der Waals surface area contributed by atoms with E-state index < -0.39 is 0 Å². The highest BCUT2D eigenvalue weighted by atomic mass is 79.9. The van der Waals surface area contributed by atoms with E-state index >= 15 is 0 Å². The number of alkyl halides is 1. The van der Waals surface area contributed by atoms with Crippen LogP contribution in [0.15, 0.2) is 35.9 Å². The van der Waals surface area contributed by atoms with Gasteiger partial charge in [-0.15, -0.1) is 0 Å². The third-order valence-electron chi connectivity index (χ3n) is 6.31. The summed E-state index contributed by atoms with van der Waals surface area (Å²) in [7, 11) is 3.46. The molecule has 2 atom stereocenters. The summed E-state index contributed by atoms with van der Waals surface area (Å²) < 4.78 is 11.8. The van der Waals surface area contributed by atoms with Gasteiger partial charge in [0.25, 0.3) is 0 Å². The predicted octanol–water partition coefficient (Wildman–Crippen LogP) is 6.54. The van der Waals surface area contributed by atoms with Crippen molar-refractivity contribution in [3.05, 3.63) is 47.1 Å². The van der Waals surface area contributed by atoms with Crippen LogP contribution in [-0.4, -0.2) is 31.3 Å². The minimum Gasteiger partial charge on any atom is -0.496 e. The zero-order valence-electron chi connectivity index (χ0n) is 18.7. The Hall–Kier alpha value is -1.26. The highest BCUT2D eigenvalue weighted by Crippen LogP contribution is 2.48. The third-order valence-corrected chi connectivity index (χ3v) is 6.87. The average Bonchev–Trinajstić information content (AvgIpc) is 2.72. The number of allylic oxidation sites excluding steroid dienone is 2. The summed E-state index contributed by atoms with van der Waals surface area (Å²) in [4.78, 5) is 0. The Bertz CT molecular complexity index is 711. The number of aliphatic hydroxyl groups excluding tert-OH is 1. The highest BCUT2D eigenvalue weighted by molar-refractivity contribution is 9.09. The van der Waals surface area contributed by atoms with Crippen LogP contribution in [0.5, 0.6) is 11.5 Å². The van der Waals surface area contributed by atoms with E-state index in [1.54, 1.807) is 14.2 Å². The first kappa shape index (κ1) is 24.0. The number of hydrogen-bond acceptors (Lipinski definition) is 3. The van der Waals surface area contributed by atoms with Crippen LogP contribution in [0.1, 0.15) is 69.9 Å². The summed E-state index contributed by atoms with van der Waals surface area (Å²) in [5, 5.41) is 10.8. The molecule has 1 aromatic rings. The lowest BCUT2D eigenvalue weighted by molar-refractivity contribution is 0.313. The molecule has 0 saturated carbocycles. The van der Waals surface area contributed by atoms with Gasteiger partial charge in [0.1, 0.15) is 11.5 Å². The Labute approximate surface area is 185 Å². The zero-order valence-corrected chi connectivity index (χ0v) is 20.3. The van der Waals surface area contributed by atoms with Crippen molar-refractivity contribution < 1.29 is 14.6 Å². The maximum Gasteiger partial charge on any atom is 0.126 e. The maximum absolute atomic E-state index is 9.73. The van der Waals surface area contributed by atoms with E-state index in [1.807, 2.05) is 0 Å². The van der Waals surface area contributed by atoms with Gasteiger partial charge in [0.15, 0.2) is 0 Å². The first-order valence-electron chi connectivity index (χ1n) is 10.6. The maximum atomic E-state index is 9.73. The van der Waals surface area contributed by atoms with Crippen molar-refractivity contribution in [1.82, 2.24) is 0 Å². The lowest BCUT2D eigenvalue weighted by Crippen LogP contribution is -2.21. The topological polar surface area (TPSA) is 38.7 Å². The second-order valence-electron chi connectivity index (χ2n) is 8.82. The van der Waals surface area contributed by atoms with E-state index in [0.717, 1.165) is 52.8 Å². The molecule has 0 amide bonds.